The molecule has 0 unspecified atom stereocenters. The van der Waals surface area contributed by atoms with Gasteiger partial charge < -0.3 is 10.0 Å². The quantitative estimate of drug-likeness (QED) is 0.810. The van der Waals surface area contributed by atoms with Crippen LogP contribution in [0.25, 0.3) is 0 Å². The Labute approximate surface area is 156 Å². The number of sulfone groups is 1. The molecule has 0 bridgehead atoms. The molecular weight excluding hydrogens is 376 g/mol. The van der Waals surface area contributed by atoms with E-state index >= 15 is 0 Å². The van der Waals surface area contributed by atoms with Gasteiger partial charge in [-0.25, -0.2) is 8.42 Å². The van der Waals surface area contributed by atoms with E-state index in [-0.39, 0.29) is 48.0 Å². The van der Waals surface area contributed by atoms with Crippen LogP contribution in [0, 0.1) is 6.92 Å². The smallest absolute Gasteiger partial charge is 0.303 e. The minimum Gasteiger partial charge on any atom is -0.481 e. The summed E-state index contributed by atoms with van der Waals surface area (Å²) in [7, 11) is -3.10. The van der Waals surface area contributed by atoms with Crippen LogP contribution in [0.3, 0.4) is 0 Å². The van der Waals surface area contributed by atoms with Crippen molar-refractivity contribution >= 4 is 44.3 Å². The summed E-state index contributed by atoms with van der Waals surface area (Å²) >= 11 is 1.32. The molecule has 1 aromatic rings. The Morgan fingerprint density at radius 1 is 1.27 bits per heavy atom. The van der Waals surface area contributed by atoms with Crippen molar-refractivity contribution in [2.45, 2.75) is 37.5 Å². The van der Waals surface area contributed by atoms with Crippen LogP contribution in [0.2, 0.25) is 0 Å². The first-order chi connectivity index (χ1) is 12.3. The van der Waals surface area contributed by atoms with Gasteiger partial charge in [0.1, 0.15) is 0 Å². The number of carboxylic acids is 1. The van der Waals surface area contributed by atoms with Gasteiger partial charge in [0.2, 0.25) is 5.91 Å². The fraction of sp³-hybridized carbons (Fsp3) is 0.471. The Balaban J connectivity index is 1.87. The van der Waals surface area contributed by atoms with Crippen molar-refractivity contribution in [2.75, 3.05) is 16.4 Å². The van der Waals surface area contributed by atoms with E-state index < -0.39 is 15.8 Å². The van der Waals surface area contributed by atoms with Gasteiger partial charge in [0.05, 0.1) is 17.5 Å². The molecule has 2 atom stereocenters. The molecule has 2 fully saturated rings. The molecule has 2 saturated heterocycles. The number of amides is 1. The van der Waals surface area contributed by atoms with E-state index in [2.05, 4.69) is 4.99 Å². The molecule has 1 amide bonds. The number of aliphatic carboxylic acids is 1. The van der Waals surface area contributed by atoms with Crippen LogP contribution in [-0.2, 0) is 19.4 Å². The molecule has 2 heterocycles. The lowest BCUT2D eigenvalue weighted by molar-refractivity contribution is -0.137. The van der Waals surface area contributed by atoms with E-state index in [1.54, 1.807) is 0 Å². The zero-order valence-corrected chi connectivity index (χ0v) is 15.9. The third-order valence-corrected chi connectivity index (χ3v) is 7.65. The molecule has 7 nitrogen and oxygen atoms in total. The fourth-order valence-electron chi connectivity index (χ4n) is 3.23. The number of amidine groups is 1. The molecule has 0 aliphatic carbocycles. The number of rotatable bonds is 5. The lowest BCUT2D eigenvalue weighted by atomic mass is 10.1. The first kappa shape index (κ1) is 18.9. The summed E-state index contributed by atoms with van der Waals surface area (Å²) in [6.45, 7) is 1.93. The van der Waals surface area contributed by atoms with Crippen molar-refractivity contribution in [3.8, 4) is 0 Å². The number of aryl methyl sites for hydroxylation is 1. The van der Waals surface area contributed by atoms with E-state index in [1.807, 2.05) is 36.1 Å². The average molecular weight is 396 g/mol. The number of para-hydroxylation sites is 1. The lowest BCUT2D eigenvalue weighted by Gasteiger charge is -2.26. The first-order valence-corrected chi connectivity index (χ1v) is 11.0. The largest absolute Gasteiger partial charge is 0.481 e. The number of thioether (sulfide) groups is 1. The number of aliphatic imine (C=N–C) groups is 1. The Morgan fingerprint density at radius 3 is 2.69 bits per heavy atom. The molecule has 0 radical (unpaired) electrons. The van der Waals surface area contributed by atoms with Gasteiger partial charge in [0.15, 0.2) is 15.0 Å². The number of nitrogens with zero attached hydrogens (tertiary/aromatic N) is 2. The van der Waals surface area contributed by atoms with E-state index in [1.165, 1.54) is 11.8 Å². The van der Waals surface area contributed by atoms with E-state index in [0.717, 1.165) is 11.3 Å². The Morgan fingerprint density at radius 2 is 2.00 bits per heavy atom. The zero-order chi connectivity index (χ0) is 18.9. The number of hydrogen-bond donors (Lipinski definition) is 1. The van der Waals surface area contributed by atoms with Crippen molar-refractivity contribution in [1.29, 1.82) is 0 Å². The molecule has 0 spiro atoms. The Kier molecular flexibility index (Phi) is 5.38. The Bertz CT molecular complexity index is 866. The lowest BCUT2D eigenvalue weighted by Crippen LogP contribution is -2.38. The molecule has 3 rings (SSSR count). The first-order valence-electron chi connectivity index (χ1n) is 8.32. The third-order valence-electron chi connectivity index (χ3n) is 4.44. The molecule has 26 heavy (non-hydrogen) atoms. The molecule has 9 heteroatoms. The summed E-state index contributed by atoms with van der Waals surface area (Å²) in [5.74, 6) is -1.19. The highest BCUT2D eigenvalue weighted by Gasteiger charge is 2.49. The number of hydrogen-bond acceptors (Lipinski definition) is 5. The number of anilines is 1. The van der Waals surface area contributed by atoms with Crippen molar-refractivity contribution in [3.05, 3.63) is 29.8 Å². The molecule has 140 valence electrons. The predicted molar refractivity (Wildman–Crippen MR) is 101 cm³/mol. The summed E-state index contributed by atoms with van der Waals surface area (Å²) in [6, 6.07) is 7.36. The SMILES string of the molecule is Cc1ccccc1N1C(=NC(=O)CCCC(=O)O)S[C@H]2CS(=O)(=O)C[C@H]21. The highest BCUT2D eigenvalue weighted by molar-refractivity contribution is 8.16. The Hall–Kier alpha value is -1.87. The number of carboxylic acid groups (broad SMARTS) is 1. The highest BCUT2D eigenvalue weighted by Crippen LogP contribution is 2.41. The van der Waals surface area contributed by atoms with Gasteiger partial charge in [-0.1, -0.05) is 30.0 Å². The number of benzene rings is 1. The van der Waals surface area contributed by atoms with Crippen molar-refractivity contribution in [1.82, 2.24) is 0 Å². The van der Waals surface area contributed by atoms with E-state index in [9.17, 15) is 18.0 Å². The molecule has 0 aromatic heterocycles. The maximum atomic E-state index is 12.2. The highest BCUT2D eigenvalue weighted by atomic mass is 32.2. The molecular formula is C17H20N2O5S2. The van der Waals surface area contributed by atoms with Gasteiger partial charge >= 0.3 is 5.97 Å². The normalized spacial score (nSPS) is 25.4. The second-order valence-electron chi connectivity index (χ2n) is 6.49. The maximum Gasteiger partial charge on any atom is 0.303 e. The van der Waals surface area contributed by atoms with Crippen LogP contribution < -0.4 is 4.90 Å². The average Bonchev–Trinajstić information content (AvgIpc) is 2.98. The second kappa shape index (κ2) is 7.40. The van der Waals surface area contributed by atoms with Gasteiger partial charge in [-0.2, -0.15) is 4.99 Å². The predicted octanol–water partition coefficient (Wildman–Crippen LogP) is 1.85. The number of carbonyl (C=O) groups excluding carboxylic acids is 1. The van der Waals surface area contributed by atoms with Gasteiger partial charge in [-0.15, -0.1) is 0 Å². The van der Waals surface area contributed by atoms with E-state index in [4.69, 9.17) is 5.11 Å². The molecule has 1 N–H and O–H groups in total. The van der Waals surface area contributed by atoms with Crippen molar-refractivity contribution in [3.63, 3.8) is 0 Å². The summed E-state index contributed by atoms with van der Waals surface area (Å²) < 4.78 is 24.1. The van der Waals surface area contributed by atoms with Gasteiger partial charge in [0, 0.05) is 23.8 Å². The van der Waals surface area contributed by atoms with Crippen LogP contribution in [0.4, 0.5) is 5.69 Å². The van der Waals surface area contributed by atoms with Crippen LogP contribution >= 0.6 is 11.8 Å². The minimum absolute atomic E-state index is 0.0469. The topological polar surface area (TPSA) is 104 Å². The summed E-state index contributed by atoms with van der Waals surface area (Å²) in [5.41, 5.74) is 1.82. The molecule has 1 aromatic carbocycles. The molecule has 2 aliphatic rings. The van der Waals surface area contributed by atoms with Gasteiger partial charge in [-0.3, -0.25) is 9.59 Å². The van der Waals surface area contributed by atoms with Crippen molar-refractivity contribution in [2.24, 2.45) is 4.99 Å². The monoisotopic (exact) mass is 396 g/mol. The van der Waals surface area contributed by atoms with Crippen LogP contribution in [0.1, 0.15) is 24.8 Å². The fourth-order valence-corrected chi connectivity index (χ4v) is 7.16. The van der Waals surface area contributed by atoms with E-state index in [0.29, 0.717) is 5.17 Å². The zero-order valence-electron chi connectivity index (χ0n) is 14.3. The summed E-state index contributed by atoms with van der Waals surface area (Å²) in [5, 5.41) is 9.03. The standard InChI is InChI=1S/C17H20N2O5S2/c1-11-5-2-3-6-12(11)19-13-9-26(23,24)10-14(13)25-17(19)18-15(20)7-4-8-16(21)22/h2-3,5-6,13-14H,4,7-10H2,1H3,(H,21,22)/t13-,14+/m1/s1. The van der Waals surface area contributed by atoms with Crippen LogP contribution in [-0.4, -0.2) is 53.4 Å². The van der Waals surface area contributed by atoms with Crippen molar-refractivity contribution < 1.29 is 23.1 Å². The van der Waals surface area contributed by atoms with Gasteiger partial charge in [0.25, 0.3) is 0 Å². The van der Waals surface area contributed by atoms with Crippen LogP contribution in [0.5, 0.6) is 0 Å². The van der Waals surface area contributed by atoms with Crippen LogP contribution in [0.15, 0.2) is 29.3 Å². The molecule has 0 saturated carbocycles. The number of carbonyl (C=O) groups is 2. The third kappa shape index (κ3) is 4.09. The summed E-state index contributed by atoms with van der Waals surface area (Å²) in [6.07, 6.45) is 0.224. The maximum absolute atomic E-state index is 12.2. The second-order valence-corrected chi connectivity index (χ2v) is 9.85. The molecule has 2 aliphatic heterocycles. The summed E-state index contributed by atoms with van der Waals surface area (Å²) in [4.78, 5) is 28.8. The minimum atomic E-state index is -3.10. The number of fused-ring (bicyclic) bond motifs is 1. The van der Waals surface area contributed by atoms with Gasteiger partial charge in [-0.05, 0) is 25.0 Å².